The summed E-state index contributed by atoms with van der Waals surface area (Å²) >= 11 is 0. The molecule has 2 aliphatic rings. The number of hydrogen-bond acceptors (Lipinski definition) is 2. The molecule has 3 aromatic carbocycles. The standard InChI is InChI=1S/C44H42N2/c1-5-9-18-35(16-6-2)33-34-45(39(8-4)17-7-3)40-29-25-36(26-30-40)37-27-31-42(32-28-37)46(41-21-11-10-12-22-41)44-24-15-20-38-19-13-14-23-43(38)44/h5-9,11,13-23,25-34,44H,1-4,10,12,24H2. The van der Waals surface area contributed by atoms with Crippen molar-refractivity contribution < 1.29 is 0 Å². The maximum atomic E-state index is 4.04. The first-order chi connectivity index (χ1) is 22.7. The number of benzene rings is 3. The molecule has 228 valence electrons. The van der Waals surface area contributed by atoms with E-state index in [4.69, 9.17) is 0 Å². The largest absolute Gasteiger partial charge is 0.334 e. The Morgan fingerprint density at radius 3 is 2.07 bits per heavy atom. The van der Waals surface area contributed by atoms with Gasteiger partial charge in [0.15, 0.2) is 0 Å². The zero-order chi connectivity index (χ0) is 32.1. The van der Waals surface area contributed by atoms with Gasteiger partial charge >= 0.3 is 0 Å². The second-order valence-electron chi connectivity index (χ2n) is 11.1. The summed E-state index contributed by atoms with van der Waals surface area (Å²) in [7, 11) is 0. The molecule has 0 bridgehead atoms. The molecule has 0 amide bonds. The van der Waals surface area contributed by atoms with Crippen molar-refractivity contribution in [1.29, 1.82) is 0 Å². The summed E-state index contributed by atoms with van der Waals surface area (Å²) in [4.78, 5) is 4.61. The lowest BCUT2D eigenvalue weighted by atomic mass is 9.90. The van der Waals surface area contributed by atoms with Gasteiger partial charge < -0.3 is 9.80 Å². The van der Waals surface area contributed by atoms with Crippen molar-refractivity contribution in [3.8, 4) is 11.1 Å². The number of nitrogens with zero attached hydrogens (tertiary/aromatic N) is 2. The maximum absolute atomic E-state index is 4.04. The van der Waals surface area contributed by atoms with Crippen molar-refractivity contribution in [3.63, 3.8) is 0 Å². The molecule has 0 N–H and O–H groups in total. The Bertz CT molecular complexity index is 1770. The number of anilines is 2. The second-order valence-corrected chi connectivity index (χ2v) is 11.1. The molecular formula is C44H42N2. The molecule has 1 unspecified atom stereocenters. The Hall–Kier alpha value is -5.60. The van der Waals surface area contributed by atoms with Gasteiger partial charge in [-0.15, -0.1) is 0 Å². The van der Waals surface area contributed by atoms with E-state index in [1.165, 1.54) is 28.1 Å². The van der Waals surface area contributed by atoms with E-state index >= 15 is 0 Å². The fraction of sp³-hybridized carbons (Fsp3) is 0.0909. The van der Waals surface area contributed by atoms with Crippen LogP contribution in [0.2, 0.25) is 0 Å². The molecule has 3 aromatic rings. The van der Waals surface area contributed by atoms with Gasteiger partial charge in [-0.25, -0.2) is 0 Å². The van der Waals surface area contributed by atoms with E-state index in [9.17, 15) is 0 Å². The normalized spacial score (nSPS) is 16.2. The molecule has 0 spiro atoms. The molecule has 0 fully saturated rings. The highest BCUT2D eigenvalue weighted by Crippen LogP contribution is 2.40. The highest BCUT2D eigenvalue weighted by Gasteiger charge is 2.26. The molecule has 0 saturated heterocycles. The van der Waals surface area contributed by atoms with Crippen molar-refractivity contribution in [1.82, 2.24) is 0 Å². The zero-order valence-corrected chi connectivity index (χ0v) is 26.5. The molecule has 2 heteroatoms. The molecule has 0 saturated carbocycles. The van der Waals surface area contributed by atoms with E-state index < -0.39 is 0 Å². The third kappa shape index (κ3) is 7.54. The highest BCUT2D eigenvalue weighted by molar-refractivity contribution is 5.72. The Kier molecular flexibility index (Phi) is 11.0. The number of allylic oxidation sites excluding steroid dienone is 13. The topological polar surface area (TPSA) is 6.48 Å². The van der Waals surface area contributed by atoms with Gasteiger partial charge in [-0.05, 0) is 95.7 Å². The van der Waals surface area contributed by atoms with Crippen LogP contribution in [0.4, 0.5) is 11.4 Å². The fourth-order valence-electron chi connectivity index (χ4n) is 5.91. The molecule has 5 rings (SSSR count). The first-order valence-electron chi connectivity index (χ1n) is 15.8. The van der Waals surface area contributed by atoms with Gasteiger partial charge in [0.1, 0.15) is 0 Å². The minimum atomic E-state index is 0.246. The summed E-state index contributed by atoms with van der Waals surface area (Å²) in [6.45, 7) is 15.6. The number of rotatable bonds is 13. The van der Waals surface area contributed by atoms with Gasteiger partial charge in [0.25, 0.3) is 0 Å². The van der Waals surface area contributed by atoms with E-state index in [1.807, 2.05) is 42.7 Å². The first-order valence-corrected chi connectivity index (χ1v) is 15.8. The monoisotopic (exact) mass is 598 g/mol. The summed E-state index contributed by atoms with van der Waals surface area (Å²) in [5.41, 5.74) is 10.4. The van der Waals surface area contributed by atoms with Crippen molar-refractivity contribution >= 4 is 17.5 Å². The average Bonchev–Trinajstić information content (AvgIpc) is 3.11. The maximum Gasteiger partial charge on any atom is 0.0631 e. The lowest BCUT2D eigenvalue weighted by Gasteiger charge is -2.37. The van der Waals surface area contributed by atoms with Crippen LogP contribution in [0.1, 0.15) is 36.4 Å². The Balaban J connectivity index is 1.44. The van der Waals surface area contributed by atoms with Crippen molar-refractivity contribution in [2.45, 2.75) is 25.3 Å². The van der Waals surface area contributed by atoms with Gasteiger partial charge in [0, 0.05) is 29.0 Å². The molecule has 0 aliphatic heterocycles. The molecule has 46 heavy (non-hydrogen) atoms. The quantitative estimate of drug-likeness (QED) is 0.181. The summed E-state index contributed by atoms with van der Waals surface area (Å²) < 4.78 is 0. The minimum Gasteiger partial charge on any atom is -0.334 e. The smallest absolute Gasteiger partial charge is 0.0631 e. The summed E-state index contributed by atoms with van der Waals surface area (Å²) in [6, 6.07) is 26.6. The summed E-state index contributed by atoms with van der Waals surface area (Å²) in [5, 5.41) is 0. The minimum absolute atomic E-state index is 0.246. The van der Waals surface area contributed by atoms with E-state index in [1.54, 1.807) is 18.2 Å². The third-order valence-electron chi connectivity index (χ3n) is 8.13. The fourth-order valence-corrected chi connectivity index (χ4v) is 5.91. The molecular weight excluding hydrogens is 556 g/mol. The molecule has 2 aliphatic carbocycles. The van der Waals surface area contributed by atoms with Crippen LogP contribution in [0.5, 0.6) is 0 Å². The van der Waals surface area contributed by atoms with Gasteiger partial charge in [0.05, 0.1) is 6.04 Å². The predicted molar refractivity (Wildman–Crippen MR) is 201 cm³/mol. The van der Waals surface area contributed by atoms with Crippen LogP contribution in [0.3, 0.4) is 0 Å². The Morgan fingerprint density at radius 1 is 0.696 bits per heavy atom. The van der Waals surface area contributed by atoms with Gasteiger partial charge in [-0.2, -0.15) is 0 Å². The third-order valence-corrected chi connectivity index (χ3v) is 8.13. The van der Waals surface area contributed by atoms with Crippen LogP contribution in [0.25, 0.3) is 17.2 Å². The molecule has 0 aromatic heterocycles. The van der Waals surface area contributed by atoms with Crippen molar-refractivity contribution in [2.24, 2.45) is 0 Å². The summed E-state index contributed by atoms with van der Waals surface area (Å²) in [5.74, 6) is 0. The zero-order valence-electron chi connectivity index (χ0n) is 26.5. The van der Waals surface area contributed by atoms with Crippen molar-refractivity contribution in [3.05, 3.63) is 212 Å². The molecule has 2 nitrogen and oxygen atoms in total. The van der Waals surface area contributed by atoms with E-state index in [2.05, 4.69) is 139 Å². The van der Waals surface area contributed by atoms with Crippen LogP contribution >= 0.6 is 0 Å². The van der Waals surface area contributed by atoms with Crippen LogP contribution in [-0.4, -0.2) is 0 Å². The second kappa shape index (κ2) is 15.9. The van der Waals surface area contributed by atoms with Gasteiger partial charge in [-0.1, -0.05) is 136 Å². The first kappa shape index (κ1) is 31.8. The van der Waals surface area contributed by atoms with Crippen LogP contribution in [-0.2, 0) is 0 Å². The SMILES string of the molecule is C=CC=CC(C=CN(C(C=C)=CC=C)c1ccc(-c2ccc(N(C3=CCCC=C3)C3CC=Cc4ccccc43)cc2)cc1)=CC=C. The Labute approximate surface area is 275 Å². The summed E-state index contributed by atoms with van der Waals surface area (Å²) in [6.07, 6.45) is 33.6. The van der Waals surface area contributed by atoms with Crippen LogP contribution in [0.15, 0.2) is 201 Å². The van der Waals surface area contributed by atoms with Gasteiger partial charge in [0.2, 0.25) is 0 Å². The lowest BCUT2D eigenvalue weighted by molar-refractivity contribution is 0.679. The average molecular weight is 599 g/mol. The highest BCUT2D eigenvalue weighted by atomic mass is 15.2. The van der Waals surface area contributed by atoms with Gasteiger partial charge in [-0.3, -0.25) is 0 Å². The van der Waals surface area contributed by atoms with E-state index in [-0.39, 0.29) is 6.04 Å². The lowest BCUT2D eigenvalue weighted by Crippen LogP contribution is -2.29. The molecule has 0 heterocycles. The van der Waals surface area contributed by atoms with Crippen LogP contribution < -0.4 is 9.80 Å². The van der Waals surface area contributed by atoms with Crippen LogP contribution in [0, 0.1) is 0 Å². The molecule has 0 radical (unpaired) electrons. The predicted octanol–water partition coefficient (Wildman–Crippen LogP) is 12.0. The number of hydrogen-bond donors (Lipinski definition) is 0. The van der Waals surface area contributed by atoms with E-state index in [0.717, 1.165) is 41.8 Å². The van der Waals surface area contributed by atoms with Crippen molar-refractivity contribution in [2.75, 3.05) is 9.80 Å². The Morgan fingerprint density at radius 2 is 1.41 bits per heavy atom. The number of fused-ring (bicyclic) bond motifs is 1. The van der Waals surface area contributed by atoms with E-state index in [0.29, 0.717) is 0 Å². The molecule has 1 atom stereocenters.